The monoisotopic (exact) mass is 376 g/mol. The largest absolute Gasteiger partial charge is 0.477 e. The van der Waals surface area contributed by atoms with Crippen molar-refractivity contribution in [3.63, 3.8) is 0 Å². The zero-order chi connectivity index (χ0) is 14.9. The first-order valence-electron chi connectivity index (χ1n) is 5.27. The van der Waals surface area contributed by atoms with Crippen molar-refractivity contribution in [3.8, 4) is 0 Å². The van der Waals surface area contributed by atoms with Gasteiger partial charge in [0.2, 0.25) is 0 Å². The maximum absolute atomic E-state index is 12.1. The number of thiophene rings is 1. The van der Waals surface area contributed by atoms with E-state index in [-0.39, 0.29) is 15.6 Å². The number of carbonyl (C=O) groups is 1. The predicted octanol–water partition coefficient (Wildman–Crippen LogP) is 2.71. The molecule has 0 bridgehead atoms. The molecular formula is C11H9BrN2O4S2. The summed E-state index contributed by atoms with van der Waals surface area (Å²) in [5.41, 5.74) is 0.641. The van der Waals surface area contributed by atoms with Gasteiger partial charge in [0, 0.05) is 9.85 Å². The Morgan fingerprint density at radius 3 is 2.70 bits per heavy atom. The second kappa shape index (κ2) is 5.51. The zero-order valence-corrected chi connectivity index (χ0v) is 13.3. The van der Waals surface area contributed by atoms with Gasteiger partial charge >= 0.3 is 5.97 Å². The maximum Gasteiger partial charge on any atom is 0.345 e. The van der Waals surface area contributed by atoms with Crippen LogP contribution in [0.5, 0.6) is 0 Å². The van der Waals surface area contributed by atoms with Gasteiger partial charge in [-0.05, 0) is 41.1 Å². The van der Waals surface area contributed by atoms with E-state index in [9.17, 15) is 13.2 Å². The van der Waals surface area contributed by atoms with E-state index in [0.29, 0.717) is 5.69 Å². The van der Waals surface area contributed by atoms with E-state index >= 15 is 0 Å². The van der Waals surface area contributed by atoms with Crippen LogP contribution in [-0.2, 0) is 10.0 Å². The molecule has 0 saturated heterocycles. The van der Waals surface area contributed by atoms with Crippen LogP contribution in [-0.4, -0.2) is 24.5 Å². The fraction of sp³-hybridized carbons (Fsp3) is 0.0909. The van der Waals surface area contributed by atoms with Gasteiger partial charge in [0.15, 0.2) is 0 Å². The molecule has 0 aliphatic heterocycles. The molecule has 20 heavy (non-hydrogen) atoms. The smallest absolute Gasteiger partial charge is 0.345 e. The number of pyridine rings is 1. The molecule has 0 aromatic carbocycles. The first-order chi connectivity index (χ1) is 9.29. The molecule has 106 valence electrons. The minimum atomic E-state index is -3.84. The minimum absolute atomic E-state index is 0.0367. The molecule has 0 fully saturated rings. The number of nitrogens with one attached hydrogen (secondary N) is 1. The van der Waals surface area contributed by atoms with Crippen LogP contribution in [0, 0.1) is 6.92 Å². The summed E-state index contributed by atoms with van der Waals surface area (Å²) in [5, 5.41) is 10.1. The van der Waals surface area contributed by atoms with Crippen molar-refractivity contribution in [1.82, 2.24) is 4.98 Å². The topological polar surface area (TPSA) is 96.4 Å². The maximum atomic E-state index is 12.1. The summed E-state index contributed by atoms with van der Waals surface area (Å²) in [6.45, 7) is 1.73. The van der Waals surface area contributed by atoms with Crippen LogP contribution in [0.2, 0.25) is 0 Å². The molecule has 2 aromatic heterocycles. The number of sulfonamides is 1. The van der Waals surface area contributed by atoms with Crippen LogP contribution < -0.4 is 4.72 Å². The number of hydrogen-bond acceptors (Lipinski definition) is 5. The van der Waals surface area contributed by atoms with E-state index in [2.05, 4.69) is 25.6 Å². The number of rotatable bonds is 4. The van der Waals surface area contributed by atoms with Crippen LogP contribution in [0.3, 0.4) is 0 Å². The zero-order valence-electron chi connectivity index (χ0n) is 10.1. The average Bonchev–Trinajstić information content (AvgIpc) is 2.84. The van der Waals surface area contributed by atoms with Crippen LogP contribution in [0.15, 0.2) is 32.9 Å². The Hall–Kier alpha value is -1.45. The molecule has 0 amide bonds. The fourth-order valence-corrected chi connectivity index (χ4v) is 3.70. The molecule has 6 nitrogen and oxygen atoms in total. The lowest BCUT2D eigenvalue weighted by molar-refractivity contribution is 0.0702. The van der Waals surface area contributed by atoms with Gasteiger partial charge in [-0.15, -0.1) is 11.3 Å². The van der Waals surface area contributed by atoms with Gasteiger partial charge in [-0.25, -0.2) is 18.2 Å². The molecule has 2 rings (SSSR count). The van der Waals surface area contributed by atoms with Gasteiger partial charge in [0.1, 0.15) is 10.7 Å². The third-order valence-corrected chi connectivity index (χ3v) is 5.60. The Bertz CT molecular complexity index is 770. The Balaban J connectivity index is 2.30. The van der Waals surface area contributed by atoms with Crippen LogP contribution in [0.25, 0.3) is 0 Å². The molecule has 0 radical (unpaired) electrons. The van der Waals surface area contributed by atoms with Crippen molar-refractivity contribution in [2.45, 2.75) is 11.8 Å². The molecule has 0 aliphatic carbocycles. The predicted molar refractivity (Wildman–Crippen MR) is 78.8 cm³/mol. The van der Waals surface area contributed by atoms with Gasteiger partial charge in [-0.3, -0.25) is 4.72 Å². The van der Waals surface area contributed by atoms with Crippen molar-refractivity contribution in [2.24, 2.45) is 0 Å². The van der Waals surface area contributed by atoms with E-state index < -0.39 is 16.0 Å². The van der Waals surface area contributed by atoms with Crippen LogP contribution in [0.1, 0.15) is 15.4 Å². The summed E-state index contributed by atoms with van der Waals surface area (Å²) in [5.74, 6) is -0.983. The van der Waals surface area contributed by atoms with Crippen LogP contribution in [0.4, 0.5) is 5.82 Å². The average molecular weight is 377 g/mol. The second-order valence-electron chi connectivity index (χ2n) is 3.82. The normalized spacial score (nSPS) is 11.3. The van der Waals surface area contributed by atoms with Crippen LogP contribution >= 0.6 is 27.3 Å². The first-order valence-corrected chi connectivity index (χ1v) is 8.43. The van der Waals surface area contributed by atoms with E-state index in [0.717, 1.165) is 21.9 Å². The number of nitrogens with zero attached hydrogens (tertiary/aromatic N) is 1. The highest BCUT2D eigenvalue weighted by Gasteiger charge is 2.19. The molecule has 0 unspecified atom stereocenters. The van der Waals surface area contributed by atoms with Crippen molar-refractivity contribution in [1.29, 1.82) is 0 Å². The lowest BCUT2D eigenvalue weighted by atomic mass is 10.4. The van der Waals surface area contributed by atoms with E-state index in [1.54, 1.807) is 13.0 Å². The molecule has 2 heterocycles. The first kappa shape index (κ1) is 14.9. The summed E-state index contributed by atoms with van der Waals surface area (Å²) in [7, 11) is -3.84. The third-order valence-electron chi connectivity index (χ3n) is 2.36. The van der Waals surface area contributed by atoms with E-state index in [1.165, 1.54) is 11.4 Å². The molecule has 0 saturated carbocycles. The second-order valence-corrected chi connectivity index (χ2v) is 7.27. The lowest BCUT2D eigenvalue weighted by Gasteiger charge is -2.06. The summed E-state index contributed by atoms with van der Waals surface area (Å²) >= 11 is 4.12. The SMILES string of the molecule is Cc1nc(NS(=O)(=O)c2csc(C(=O)O)c2)ccc1Br. The summed E-state index contributed by atoms with van der Waals surface area (Å²) in [4.78, 5) is 14.7. The highest BCUT2D eigenvalue weighted by atomic mass is 79.9. The number of halogens is 1. The lowest BCUT2D eigenvalue weighted by Crippen LogP contribution is -2.13. The van der Waals surface area contributed by atoms with Gasteiger partial charge in [-0.1, -0.05) is 0 Å². The number of hydrogen-bond donors (Lipinski definition) is 2. The molecule has 0 atom stereocenters. The highest BCUT2D eigenvalue weighted by molar-refractivity contribution is 9.10. The number of aromatic carboxylic acids is 1. The van der Waals surface area contributed by atoms with Gasteiger partial charge < -0.3 is 5.11 Å². The summed E-state index contributed by atoms with van der Waals surface area (Å²) in [6.07, 6.45) is 0. The third kappa shape index (κ3) is 3.17. The number of anilines is 1. The quantitative estimate of drug-likeness (QED) is 0.854. The Labute approximate surface area is 127 Å². The molecule has 2 N–H and O–H groups in total. The van der Waals surface area contributed by atoms with E-state index in [4.69, 9.17) is 5.11 Å². The van der Waals surface area contributed by atoms with Gasteiger partial charge in [0.05, 0.1) is 10.6 Å². The molecule has 2 aromatic rings. The molecule has 0 spiro atoms. The molecule has 9 heteroatoms. The summed E-state index contributed by atoms with van der Waals surface area (Å²) < 4.78 is 27.2. The number of carboxylic acid groups (broad SMARTS) is 1. The Morgan fingerprint density at radius 1 is 1.45 bits per heavy atom. The van der Waals surface area contributed by atoms with E-state index in [1.807, 2.05) is 0 Å². The van der Waals surface area contributed by atoms with Crippen molar-refractivity contribution >= 4 is 49.1 Å². The fourth-order valence-electron chi connectivity index (χ4n) is 1.37. The Kier molecular flexibility index (Phi) is 4.11. The van der Waals surface area contributed by atoms with Crippen molar-refractivity contribution in [2.75, 3.05) is 4.72 Å². The molecule has 0 aliphatic rings. The number of aromatic nitrogens is 1. The van der Waals surface area contributed by atoms with Crippen molar-refractivity contribution in [3.05, 3.63) is 38.6 Å². The number of carboxylic acids is 1. The van der Waals surface area contributed by atoms with Gasteiger partial charge in [0.25, 0.3) is 10.0 Å². The summed E-state index contributed by atoms with van der Waals surface area (Å²) in [6, 6.07) is 4.30. The van der Waals surface area contributed by atoms with Gasteiger partial charge in [-0.2, -0.15) is 0 Å². The minimum Gasteiger partial charge on any atom is -0.477 e. The number of aryl methyl sites for hydroxylation is 1. The highest BCUT2D eigenvalue weighted by Crippen LogP contribution is 2.22. The molecular weight excluding hydrogens is 368 g/mol. The van der Waals surface area contributed by atoms with Crippen molar-refractivity contribution < 1.29 is 18.3 Å². The standard InChI is InChI=1S/C11H9BrN2O4S2/c1-6-8(12)2-3-10(13-6)14-20(17,18)7-4-9(11(15)16)19-5-7/h2-5H,1H3,(H,13,14)(H,15,16). The Morgan fingerprint density at radius 2 is 2.15 bits per heavy atom.